The predicted octanol–water partition coefficient (Wildman–Crippen LogP) is 3.57. The number of ether oxygens (including phenoxy) is 1. The van der Waals surface area contributed by atoms with Gasteiger partial charge in [0.05, 0.1) is 0 Å². The highest BCUT2D eigenvalue weighted by Crippen LogP contribution is 2.54. The second-order valence-corrected chi connectivity index (χ2v) is 7.17. The first-order chi connectivity index (χ1) is 10.6. The molecular weight excluding hydrogens is 274 g/mol. The number of aliphatic hydroxyl groups excluding tert-OH is 1. The maximum atomic E-state index is 9.93. The topological polar surface area (TPSA) is 41.5 Å². The third-order valence-corrected chi connectivity index (χ3v) is 5.08. The van der Waals surface area contributed by atoms with Crippen molar-refractivity contribution in [2.24, 2.45) is 0 Å². The average Bonchev–Trinajstić information content (AvgIpc) is 2.71. The van der Waals surface area contributed by atoms with Crippen LogP contribution < -0.4 is 10.1 Å². The number of fused-ring (bicyclic) bond motifs is 4. The molecule has 122 valence electrons. The summed E-state index contributed by atoms with van der Waals surface area (Å²) in [6.07, 6.45) is 6.37. The Morgan fingerprint density at radius 1 is 1.14 bits per heavy atom. The van der Waals surface area contributed by atoms with E-state index in [-0.39, 0.29) is 0 Å². The van der Waals surface area contributed by atoms with E-state index in [9.17, 15) is 5.11 Å². The highest BCUT2D eigenvalue weighted by molar-refractivity contribution is 5.49. The summed E-state index contributed by atoms with van der Waals surface area (Å²) < 4.78 is 5.79. The molecule has 2 aliphatic carbocycles. The van der Waals surface area contributed by atoms with Crippen LogP contribution in [-0.2, 0) is 0 Å². The molecule has 3 heteroatoms. The molecule has 0 heterocycles. The molecule has 0 amide bonds. The van der Waals surface area contributed by atoms with Crippen molar-refractivity contribution in [2.45, 2.75) is 69.9 Å². The molecule has 1 unspecified atom stereocenters. The lowest BCUT2D eigenvalue weighted by Crippen LogP contribution is -2.35. The second-order valence-electron chi connectivity index (χ2n) is 7.17. The summed E-state index contributed by atoms with van der Waals surface area (Å²) in [5.41, 5.74) is 3.04. The molecule has 2 aliphatic rings. The summed E-state index contributed by atoms with van der Waals surface area (Å²) >= 11 is 0. The molecule has 3 nitrogen and oxygen atoms in total. The number of nitrogens with one attached hydrogen (secondary N) is 1. The van der Waals surface area contributed by atoms with Crippen LogP contribution in [0.15, 0.2) is 18.2 Å². The predicted molar refractivity (Wildman–Crippen MR) is 89.6 cm³/mol. The molecule has 0 spiro atoms. The second kappa shape index (κ2) is 7.01. The minimum absolute atomic E-state index is 0.354. The van der Waals surface area contributed by atoms with Crippen molar-refractivity contribution < 1.29 is 9.84 Å². The zero-order valence-electron chi connectivity index (χ0n) is 13.8. The lowest BCUT2D eigenvalue weighted by Gasteiger charge is -2.39. The maximum absolute atomic E-state index is 9.93. The summed E-state index contributed by atoms with van der Waals surface area (Å²) in [5.74, 6) is 2.46. The molecular formula is C19H29NO2. The quantitative estimate of drug-likeness (QED) is 0.844. The molecule has 1 aromatic carbocycles. The van der Waals surface area contributed by atoms with Gasteiger partial charge >= 0.3 is 0 Å². The first kappa shape index (κ1) is 15.8. The van der Waals surface area contributed by atoms with E-state index in [1.807, 2.05) is 0 Å². The van der Waals surface area contributed by atoms with Crippen molar-refractivity contribution in [3.8, 4) is 5.75 Å². The van der Waals surface area contributed by atoms with Crippen LogP contribution in [0.2, 0.25) is 0 Å². The Balaban J connectivity index is 1.56. The highest BCUT2D eigenvalue weighted by atomic mass is 16.5. The third-order valence-electron chi connectivity index (χ3n) is 5.08. The van der Waals surface area contributed by atoms with E-state index < -0.39 is 6.10 Å². The standard InChI is InChI=1S/C19H29NO2/c1-13(2)20-11-14(21)12-22-15-8-9-18-16-6-4-3-5-7-17(16)19(18)10-15/h8-10,13-14,16-17,20-21H,3-7,11-12H2,1-2H3/t14?,16-,17+/m0/s1. The van der Waals surface area contributed by atoms with Crippen LogP contribution in [0, 0.1) is 0 Å². The average molecular weight is 303 g/mol. The first-order valence-corrected chi connectivity index (χ1v) is 8.83. The van der Waals surface area contributed by atoms with Gasteiger partial charge in [0, 0.05) is 12.6 Å². The van der Waals surface area contributed by atoms with Crippen LogP contribution in [0.1, 0.15) is 68.9 Å². The van der Waals surface area contributed by atoms with Crippen molar-refractivity contribution in [1.29, 1.82) is 0 Å². The van der Waals surface area contributed by atoms with Crippen LogP contribution in [0.4, 0.5) is 0 Å². The fourth-order valence-corrected chi connectivity index (χ4v) is 3.88. The van der Waals surface area contributed by atoms with Gasteiger partial charge in [-0.25, -0.2) is 0 Å². The van der Waals surface area contributed by atoms with Crippen molar-refractivity contribution >= 4 is 0 Å². The molecule has 0 aromatic heterocycles. The summed E-state index contributed by atoms with van der Waals surface area (Å²) in [4.78, 5) is 0. The first-order valence-electron chi connectivity index (χ1n) is 8.83. The van der Waals surface area contributed by atoms with Crippen LogP contribution in [0.3, 0.4) is 0 Å². The number of rotatable bonds is 6. The molecule has 1 saturated carbocycles. The van der Waals surface area contributed by atoms with Gasteiger partial charge in [-0.3, -0.25) is 0 Å². The van der Waals surface area contributed by atoms with E-state index in [1.165, 1.54) is 37.7 Å². The number of hydrogen-bond acceptors (Lipinski definition) is 3. The summed E-state index contributed by atoms with van der Waals surface area (Å²) in [5, 5.41) is 13.2. The van der Waals surface area contributed by atoms with E-state index in [4.69, 9.17) is 4.74 Å². The van der Waals surface area contributed by atoms with Gasteiger partial charge < -0.3 is 15.2 Å². The Kier molecular flexibility index (Phi) is 5.04. The molecule has 0 saturated heterocycles. The Morgan fingerprint density at radius 2 is 1.86 bits per heavy atom. The van der Waals surface area contributed by atoms with Crippen molar-refractivity contribution in [1.82, 2.24) is 5.32 Å². The van der Waals surface area contributed by atoms with Gasteiger partial charge in [-0.1, -0.05) is 39.2 Å². The Morgan fingerprint density at radius 3 is 2.59 bits per heavy atom. The van der Waals surface area contributed by atoms with Crippen LogP contribution in [0.25, 0.3) is 0 Å². The molecule has 1 fully saturated rings. The minimum atomic E-state index is -0.459. The molecule has 0 radical (unpaired) electrons. The number of aliphatic hydroxyl groups is 1. The maximum Gasteiger partial charge on any atom is 0.119 e. The molecule has 22 heavy (non-hydrogen) atoms. The molecule has 0 aliphatic heterocycles. The van der Waals surface area contributed by atoms with Crippen molar-refractivity contribution in [2.75, 3.05) is 13.2 Å². The SMILES string of the molecule is CC(C)NCC(O)COc1ccc2c(c1)[C@@H]1CCCCC[C@H]21. The van der Waals surface area contributed by atoms with E-state index >= 15 is 0 Å². The zero-order chi connectivity index (χ0) is 15.5. The van der Waals surface area contributed by atoms with Gasteiger partial charge in [-0.15, -0.1) is 0 Å². The summed E-state index contributed by atoms with van der Waals surface area (Å²) in [6.45, 7) is 5.08. The van der Waals surface area contributed by atoms with Crippen molar-refractivity contribution in [3.63, 3.8) is 0 Å². The van der Waals surface area contributed by atoms with Crippen LogP contribution in [-0.4, -0.2) is 30.4 Å². The summed E-state index contributed by atoms with van der Waals surface area (Å²) in [7, 11) is 0. The van der Waals surface area contributed by atoms with Gasteiger partial charge in [0.25, 0.3) is 0 Å². The lowest BCUT2D eigenvalue weighted by molar-refractivity contribution is 0.104. The normalized spacial score (nSPS) is 24.9. The van der Waals surface area contributed by atoms with E-state index in [1.54, 1.807) is 5.56 Å². The van der Waals surface area contributed by atoms with E-state index in [0.717, 1.165) is 17.6 Å². The highest BCUT2D eigenvalue weighted by Gasteiger charge is 2.37. The van der Waals surface area contributed by atoms with Crippen LogP contribution in [0.5, 0.6) is 5.75 Å². The van der Waals surface area contributed by atoms with Gasteiger partial charge in [0.15, 0.2) is 0 Å². The molecule has 2 N–H and O–H groups in total. The molecule has 3 atom stereocenters. The molecule has 0 bridgehead atoms. The Labute approximate surface area is 134 Å². The lowest BCUT2D eigenvalue weighted by atomic mass is 9.65. The zero-order valence-corrected chi connectivity index (χ0v) is 13.8. The Bertz CT molecular complexity index is 500. The fraction of sp³-hybridized carbons (Fsp3) is 0.684. The third kappa shape index (κ3) is 3.47. The molecule has 1 aromatic rings. The smallest absolute Gasteiger partial charge is 0.119 e. The largest absolute Gasteiger partial charge is 0.491 e. The Hall–Kier alpha value is -1.06. The van der Waals surface area contributed by atoms with Crippen molar-refractivity contribution in [3.05, 3.63) is 29.3 Å². The van der Waals surface area contributed by atoms with Gasteiger partial charge in [0.1, 0.15) is 18.5 Å². The fourth-order valence-electron chi connectivity index (χ4n) is 3.88. The van der Waals surface area contributed by atoms with Gasteiger partial charge in [0.2, 0.25) is 0 Å². The van der Waals surface area contributed by atoms with E-state index in [0.29, 0.717) is 19.2 Å². The van der Waals surface area contributed by atoms with Gasteiger partial charge in [-0.05, 0) is 47.9 Å². The molecule has 3 rings (SSSR count). The van der Waals surface area contributed by atoms with E-state index in [2.05, 4.69) is 37.4 Å². The monoisotopic (exact) mass is 303 g/mol. The number of hydrogen-bond donors (Lipinski definition) is 2. The van der Waals surface area contributed by atoms with Crippen LogP contribution >= 0.6 is 0 Å². The summed E-state index contributed by atoms with van der Waals surface area (Å²) in [6, 6.07) is 6.92. The minimum Gasteiger partial charge on any atom is -0.491 e. The number of benzene rings is 1. The van der Waals surface area contributed by atoms with Gasteiger partial charge in [-0.2, -0.15) is 0 Å².